The Labute approximate surface area is 162 Å². The summed E-state index contributed by atoms with van der Waals surface area (Å²) in [7, 11) is 3.33. The zero-order chi connectivity index (χ0) is 20.1. The fourth-order valence-corrected chi connectivity index (χ4v) is 2.91. The number of amides is 1. The molecule has 10 nitrogen and oxygen atoms in total. The van der Waals surface area contributed by atoms with E-state index in [0.717, 1.165) is 5.52 Å². The molecule has 0 bridgehead atoms. The van der Waals surface area contributed by atoms with Crippen LogP contribution in [0.25, 0.3) is 16.8 Å². The molecule has 0 aliphatic carbocycles. The number of nitrogens with zero attached hydrogens (tertiary/aromatic N) is 7. The molecule has 0 unspecified atom stereocenters. The first-order valence-corrected chi connectivity index (χ1v) is 9.01. The van der Waals surface area contributed by atoms with Gasteiger partial charge in [-0.1, -0.05) is 0 Å². The summed E-state index contributed by atoms with van der Waals surface area (Å²) in [5, 5.41) is 8.21. The van der Waals surface area contributed by atoms with E-state index in [9.17, 15) is 4.79 Å². The van der Waals surface area contributed by atoms with Crippen LogP contribution in [0.15, 0.2) is 18.6 Å². The number of carbonyl (C=O) groups excluding carboxylic acids is 1. The van der Waals surface area contributed by atoms with Gasteiger partial charge in [0.1, 0.15) is 18.2 Å². The van der Waals surface area contributed by atoms with Crippen molar-refractivity contribution in [3.05, 3.63) is 18.6 Å². The lowest BCUT2D eigenvalue weighted by Crippen LogP contribution is -2.55. The lowest BCUT2D eigenvalue weighted by molar-refractivity contribution is 0.0365. The van der Waals surface area contributed by atoms with Crippen molar-refractivity contribution in [3.8, 4) is 5.75 Å². The Kier molecular flexibility index (Phi) is 4.20. The van der Waals surface area contributed by atoms with Crippen molar-refractivity contribution in [2.75, 3.05) is 32.1 Å². The third-order valence-electron chi connectivity index (χ3n) is 4.97. The maximum Gasteiger partial charge on any atom is 0.410 e. The normalized spacial score (nSPS) is 15.0. The molecule has 4 heterocycles. The van der Waals surface area contributed by atoms with E-state index in [1.807, 2.05) is 36.1 Å². The summed E-state index contributed by atoms with van der Waals surface area (Å²) in [4.78, 5) is 24.9. The first-order valence-electron chi connectivity index (χ1n) is 9.01. The predicted molar refractivity (Wildman–Crippen MR) is 103 cm³/mol. The lowest BCUT2D eigenvalue weighted by Gasteiger charge is -2.41. The van der Waals surface area contributed by atoms with Crippen LogP contribution in [-0.4, -0.2) is 74.4 Å². The van der Waals surface area contributed by atoms with Crippen LogP contribution in [0, 0.1) is 0 Å². The van der Waals surface area contributed by atoms with Crippen LogP contribution in [0.1, 0.15) is 20.8 Å². The Morgan fingerprint density at radius 3 is 2.75 bits per heavy atom. The molecule has 0 aromatic carbocycles. The molecule has 1 aliphatic heterocycles. The van der Waals surface area contributed by atoms with Gasteiger partial charge in [0.05, 0.1) is 31.9 Å². The second-order valence-electron chi connectivity index (χ2n) is 7.82. The van der Waals surface area contributed by atoms with Gasteiger partial charge in [0, 0.05) is 18.7 Å². The van der Waals surface area contributed by atoms with Crippen LogP contribution < -0.4 is 9.64 Å². The van der Waals surface area contributed by atoms with Crippen molar-refractivity contribution >= 4 is 28.7 Å². The molecule has 3 aromatic rings. The first kappa shape index (κ1) is 18.2. The largest absolute Gasteiger partial charge is 0.495 e. The molecule has 0 atom stereocenters. The molecule has 0 spiro atoms. The molecule has 148 valence electrons. The van der Waals surface area contributed by atoms with E-state index in [-0.39, 0.29) is 17.7 Å². The highest BCUT2D eigenvalue weighted by molar-refractivity contribution is 5.81. The Balaban J connectivity index is 1.55. The van der Waals surface area contributed by atoms with Crippen molar-refractivity contribution in [2.24, 2.45) is 0 Å². The van der Waals surface area contributed by atoms with Gasteiger partial charge < -0.3 is 19.3 Å². The van der Waals surface area contributed by atoms with E-state index in [4.69, 9.17) is 9.47 Å². The summed E-state index contributed by atoms with van der Waals surface area (Å²) in [6.45, 7) is 6.97. The fourth-order valence-electron chi connectivity index (χ4n) is 2.91. The molecule has 0 N–H and O–H groups in total. The highest BCUT2D eigenvalue weighted by atomic mass is 16.6. The molecule has 1 fully saturated rings. The molecule has 0 radical (unpaired) electrons. The van der Waals surface area contributed by atoms with Crippen LogP contribution >= 0.6 is 0 Å². The van der Waals surface area contributed by atoms with Gasteiger partial charge in [-0.05, 0) is 20.8 Å². The van der Waals surface area contributed by atoms with Crippen LogP contribution in [0.3, 0.4) is 0 Å². The molecule has 0 saturated carbocycles. The standard InChI is InChI=1S/C18H23N7O3/c1-18(2,3)23(4)17(26)28-12-8-24(9-12)15-16-22-20-10-25(16)13-6-11(27-5)7-19-14(13)21-15/h6-7,10,12H,8-9H2,1-5H3. The second-order valence-corrected chi connectivity index (χ2v) is 7.82. The Morgan fingerprint density at radius 2 is 2.07 bits per heavy atom. The number of methoxy groups -OCH3 is 1. The van der Waals surface area contributed by atoms with E-state index in [1.54, 1.807) is 31.6 Å². The molecule has 1 saturated heterocycles. The summed E-state index contributed by atoms with van der Waals surface area (Å²) in [6.07, 6.45) is 2.73. The first-order chi connectivity index (χ1) is 13.3. The number of fused-ring (bicyclic) bond motifs is 3. The van der Waals surface area contributed by atoms with E-state index in [2.05, 4.69) is 20.2 Å². The number of pyridine rings is 1. The van der Waals surface area contributed by atoms with Gasteiger partial charge in [0.25, 0.3) is 0 Å². The quantitative estimate of drug-likeness (QED) is 0.672. The van der Waals surface area contributed by atoms with E-state index >= 15 is 0 Å². The molecule has 1 amide bonds. The van der Waals surface area contributed by atoms with Gasteiger partial charge in [-0.25, -0.2) is 14.8 Å². The maximum absolute atomic E-state index is 12.3. The number of anilines is 1. The Bertz CT molecular complexity index is 1040. The highest BCUT2D eigenvalue weighted by Gasteiger charge is 2.35. The molecular weight excluding hydrogens is 362 g/mol. The van der Waals surface area contributed by atoms with Crippen LogP contribution in [-0.2, 0) is 4.74 Å². The monoisotopic (exact) mass is 385 g/mol. The van der Waals surface area contributed by atoms with Crippen molar-refractivity contribution < 1.29 is 14.3 Å². The fraction of sp³-hybridized carbons (Fsp3) is 0.500. The number of aromatic nitrogens is 5. The SMILES string of the molecule is COc1cnc2nc(N3CC(OC(=O)N(C)C(C)(C)C)C3)c3nncn3c2c1. The van der Waals surface area contributed by atoms with Crippen LogP contribution in [0.2, 0.25) is 0 Å². The minimum Gasteiger partial charge on any atom is -0.495 e. The van der Waals surface area contributed by atoms with Crippen molar-refractivity contribution in [1.29, 1.82) is 0 Å². The number of hydrogen-bond acceptors (Lipinski definition) is 8. The van der Waals surface area contributed by atoms with Gasteiger partial charge in [-0.3, -0.25) is 4.40 Å². The zero-order valence-electron chi connectivity index (χ0n) is 16.6. The van der Waals surface area contributed by atoms with Gasteiger partial charge >= 0.3 is 6.09 Å². The van der Waals surface area contributed by atoms with Crippen LogP contribution in [0.5, 0.6) is 5.75 Å². The average Bonchev–Trinajstić information content (AvgIpc) is 3.12. The molecule has 1 aliphatic rings. The van der Waals surface area contributed by atoms with Gasteiger partial charge in [-0.15, -0.1) is 10.2 Å². The molecule has 3 aromatic heterocycles. The molecule has 28 heavy (non-hydrogen) atoms. The Morgan fingerprint density at radius 1 is 1.32 bits per heavy atom. The molecular formula is C18H23N7O3. The summed E-state index contributed by atoms with van der Waals surface area (Å²) >= 11 is 0. The summed E-state index contributed by atoms with van der Waals surface area (Å²) < 4.78 is 12.7. The number of carbonyl (C=O) groups is 1. The lowest BCUT2D eigenvalue weighted by atomic mass is 10.1. The van der Waals surface area contributed by atoms with Gasteiger partial charge in [0.15, 0.2) is 11.5 Å². The Hall–Kier alpha value is -3.17. The van der Waals surface area contributed by atoms with E-state index in [0.29, 0.717) is 36.0 Å². The van der Waals surface area contributed by atoms with Crippen molar-refractivity contribution in [3.63, 3.8) is 0 Å². The summed E-state index contributed by atoms with van der Waals surface area (Å²) in [6, 6.07) is 1.85. The van der Waals surface area contributed by atoms with Gasteiger partial charge in [0.2, 0.25) is 5.65 Å². The van der Waals surface area contributed by atoms with E-state index in [1.165, 1.54) is 0 Å². The summed E-state index contributed by atoms with van der Waals surface area (Å²) in [5.74, 6) is 1.30. The summed E-state index contributed by atoms with van der Waals surface area (Å²) in [5.41, 5.74) is 1.66. The van der Waals surface area contributed by atoms with Crippen molar-refractivity contribution in [2.45, 2.75) is 32.4 Å². The van der Waals surface area contributed by atoms with E-state index < -0.39 is 0 Å². The van der Waals surface area contributed by atoms with Gasteiger partial charge in [-0.2, -0.15) is 0 Å². The minimum absolute atomic E-state index is 0.193. The van der Waals surface area contributed by atoms with Crippen molar-refractivity contribution in [1.82, 2.24) is 29.5 Å². The number of hydrogen-bond donors (Lipinski definition) is 0. The zero-order valence-corrected chi connectivity index (χ0v) is 16.6. The topological polar surface area (TPSA) is 98.0 Å². The second kappa shape index (κ2) is 6.47. The maximum atomic E-state index is 12.3. The number of rotatable bonds is 3. The molecule has 4 rings (SSSR count). The smallest absolute Gasteiger partial charge is 0.410 e. The highest BCUT2D eigenvalue weighted by Crippen LogP contribution is 2.28. The predicted octanol–water partition coefficient (Wildman–Crippen LogP) is 1.74. The van der Waals surface area contributed by atoms with Crippen LogP contribution in [0.4, 0.5) is 10.6 Å². The molecule has 10 heteroatoms. The minimum atomic E-state index is -0.329. The number of ether oxygens (including phenoxy) is 2. The third-order valence-corrected chi connectivity index (χ3v) is 4.97. The third kappa shape index (κ3) is 3.04. The average molecular weight is 385 g/mol.